The molecule has 0 radical (unpaired) electrons. The Labute approximate surface area is 96.0 Å². The molecule has 0 saturated carbocycles. The summed E-state index contributed by atoms with van der Waals surface area (Å²) in [6.45, 7) is 3.55. The van der Waals surface area contributed by atoms with Crippen LogP contribution in [0.2, 0.25) is 0 Å². The van der Waals surface area contributed by atoms with E-state index < -0.39 is 0 Å². The Morgan fingerprint density at radius 1 is 1.38 bits per heavy atom. The fourth-order valence-corrected chi connectivity index (χ4v) is 1.55. The maximum Gasteiger partial charge on any atom is 0.409 e. The van der Waals surface area contributed by atoms with Crippen molar-refractivity contribution >= 4 is 6.09 Å². The van der Waals surface area contributed by atoms with Gasteiger partial charge in [-0.25, -0.2) is 4.79 Å². The highest BCUT2D eigenvalue weighted by Gasteiger charge is 2.13. The van der Waals surface area contributed by atoms with E-state index in [1.54, 1.807) is 4.90 Å². The van der Waals surface area contributed by atoms with Gasteiger partial charge in [-0.1, -0.05) is 24.3 Å². The molecule has 0 aliphatic carbocycles. The molecule has 1 rings (SSSR count). The van der Waals surface area contributed by atoms with Crippen molar-refractivity contribution in [1.82, 2.24) is 4.90 Å². The molecule has 0 aliphatic rings. The molecule has 1 aromatic rings. The third kappa shape index (κ3) is 2.97. The molecule has 0 aliphatic heterocycles. The number of rotatable bonds is 4. The molecule has 1 aromatic carbocycles. The summed E-state index contributed by atoms with van der Waals surface area (Å²) in [5.74, 6) is 0. The lowest BCUT2D eigenvalue weighted by Crippen LogP contribution is -2.30. The molecule has 0 aromatic heterocycles. The van der Waals surface area contributed by atoms with E-state index in [1.165, 1.54) is 7.11 Å². The molecule has 0 atom stereocenters. The quantitative estimate of drug-likeness (QED) is 0.844. The molecular weight excluding hydrogens is 204 g/mol. The largest absolute Gasteiger partial charge is 0.453 e. The van der Waals surface area contributed by atoms with Gasteiger partial charge in [0, 0.05) is 19.6 Å². The first kappa shape index (κ1) is 12.5. The van der Waals surface area contributed by atoms with Crippen LogP contribution in [0, 0.1) is 0 Å². The topological polar surface area (TPSA) is 55.6 Å². The highest BCUT2D eigenvalue weighted by molar-refractivity contribution is 5.67. The van der Waals surface area contributed by atoms with Crippen LogP contribution in [0.1, 0.15) is 18.1 Å². The van der Waals surface area contributed by atoms with E-state index in [4.69, 9.17) is 10.5 Å². The number of amides is 1. The van der Waals surface area contributed by atoms with E-state index in [0.29, 0.717) is 19.6 Å². The van der Waals surface area contributed by atoms with E-state index in [2.05, 4.69) is 0 Å². The second-order valence-corrected chi connectivity index (χ2v) is 3.46. The maximum absolute atomic E-state index is 11.4. The van der Waals surface area contributed by atoms with Crippen molar-refractivity contribution in [3.63, 3.8) is 0 Å². The zero-order chi connectivity index (χ0) is 12.0. The minimum absolute atomic E-state index is 0.311. The third-order valence-corrected chi connectivity index (χ3v) is 2.51. The number of hydrogen-bond acceptors (Lipinski definition) is 3. The van der Waals surface area contributed by atoms with Gasteiger partial charge in [0.15, 0.2) is 0 Å². The lowest BCUT2D eigenvalue weighted by atomic mass is 10.1. The first-order valence-corrected chi connectivity index (χ1v) is 5.32. The van der Waals surface area contributed by atoms with Crippen LogP contribution in [0.5, 0.6) is 0 Å². The van der Waals surface area contributed by atoms with Crippen LogP contribution in [0.3, 0.4) is 0 Å². The number of hydrogen-bond donors (Lipinski definition) is 1. The van der Waals surface area contributed by atoms with Crippen molar-refractivity contribution in [2.24, 2.45) is 5.73 Å². The standard InChI is InChI=1S/C12H18N2O2/c1-3-14(12(15)16-2)9-11-7-5-4-6-10(11)8-13/h4-7H,3,8-9,13H2,1-2H3. The Hall–Kier alpha value is -1.55. The number of carbonyl (C=O) groups is 1. The highest BCUT2D eigenvalue weighted by Crippen LogP contribution is 2.11. The molecule has 16 heavy (non-hydrogen) atoms. The summed E-state index contributed by atoms with van der Waals surface area (Å²) in [6.07, 6.45) is -0.311. The zero-order valence-electron chi connectivity index (χ0n) is 9.77. The Kier molecular flexibility index (Phi) is 4.79. The van der Waals surface area contributed by atoms with Crippen LogP contribution in [-0.4, -0.2) is 24.6 Å². The van der Waals surface area contributed by atoms with Crippen molar-refractivity contribution in [1.29, 1.82) is 0 Å². The van der Waals surface area contributed by atoms with E-state index in [0.717, 1.165) is 11.1 Å². The SMILES string of the molecule is CCN(Cc1ccccc1CN)C(=O)OC. The molecule has 0 saturated heterocycles. The van der Waals surface area contributed by atoms with Gasteiger partial charge in [0.2, 0.25) is 0 Å². The number of benzene rings is 1. The van der Waals surface area contributed by atoms with Crippen LogP contribution in [0.15, 0.2) is 24.3 Å². The molecule has 0 spiro atoms. The predicted molar refractivity (Wildman–Crippen MR) is 62.8 cm³/mol. The molecular formula is C12H18N2O2. The fraction of sp³-hybridized carbons (Fsp3) is 0.417. The molecule has 88 valence electrons. The van der Waals surface area contributed by atoms with Gasteiger partial charge in [-0.15, -0.1) is 0 Å². The first-order chi connectivity index (χ1) is 7.72. The van der Waals surface area contributed by atoms with Crippen molar-refractivity contribution in [3.8, 4) is 0 Å². The Morgan fingerprint density at radius 2 is 2.00 bits per heavy atom. The Balaban J connectivity index is 2.81. The minimum Gasteiger partial charge on any atom is -0.453 e. The molecule has 4 nitrogen and oxygen atoms in total. The van der Waals surface area contributed by atoms with Gasteiger partial charge < -0.3 is 15.4 Å². The van der Waals surface area contributed by atoms with Gasteiger partial charge in [-0.2, -0.15) is 0 Å². The molecule has 4 heteroatoms. The molecule has 0 heterocycles. The van der Waals surface area contributed by atoms with Crippen LogP contribution < -0.4 is 5.73 Å². The highest BCUT2D eigenvalue weighted by atomic mass is 16.5. The average Bonchev–Trinajstić information content (AvgIpc) is 2.35. The molecule has 0 bridgehead atoms. The summed E-state index contributed by atoms with van der Waals surface area (Å²) >= 11 is 0. The average molecular weight is 222 g/mol. The Bertz CT molecular complexity index is 353. The van der Waals surface area contributed by atoms with Crippen LogP contribution in [0.4, 0.5) is 4.79 Å². The smallest absolute Gasteiger partial charge is 0.409 e. The summed E-state index contributed by atoms with van der Waals surface area (Å²) in [6, 6.07) is 7.84. The summed E-state index contributed by atoms with van der Waals surface area (Å²) in [5, 5.41) is 0. The molecule has 1 amide bonds. The third-order valence-electron chi connectivity index (χ3n) is 2.51. The summed E-state index contributed by atoms with van der Waals surface area (Å²) in [4.78, 5) is 13.1. The number of carbonyl (C=O) groups excluding carboxylic acids is 1. The summed E-state index contributed by atoms with van der Waals surface area (Å²) < 4.78 is 4.70. The van der Waals surface area contributed by atoms with Gasteiger partial charge in [0.05, 0.1) is 7.11 Å². The normalized spacial score (nSPS) is 9.94. The van der Waals surface area contributed by atoms with E-state index in [1.807, 2.05) is 31.2 Å². The lowest BCUT2D eigenvalue weighted by Gasteiger charge is -2.20. The second kappa shape index (κ2) is 6.12. The number of methoxy groups -OCH3 is 1. The molecule has 0 fully saturated rings. The van der Waals surface area contributed by atoms with E-state index in [-0.39, 0.29) is 6.09 Å². The van der Waals surface area contributed by atoms with Crippen LogP contribution in [0.25, 0.3) is 0 Å². The lowest BCUT2D eigenvalue weighted by molar-refractivity contribution is 0.123. The minimum atomic E-state index is -0.311. The fourth-order valence-electron chi connectivity index (χ4n) is 1.55. The van der Waals surface area contributed by atoms with Gasteiger partial charge >= 0.3 is 6.09 Å². The summed E-state index contributed by atoms with van der Waals surface area (Å²) in [5.41, 5.74) is 7.77. The number of nitrogens with two attached hydrogens (primary N) is 1. The van der Waals surface area contributed by atoms with Gasteiger partial charge in [-0.05, 0) is 18.1 Å². The van der Waals surface area contributed by atoms with Crippen molar-refractivity contribution in [2.75, 3.05) is 13.7 Å². The monoisotopic (exact) mass is 222 g/mol. The van der Waals surface area contributed by atoms with Crippen molar-refractivity contribution in [2.45, 2.75) is 20.0 Å². The van der Waals surface area contributed by atoms with E-state index >= 15 is 0 Å². The second-order valence-electron chi connectivity index (χ2n) is 3.46. The number of ether oxygens (including phenoxy) is 1. The summed E-state index contributed by atoms with van der Waals surface area (Å²) in [7, 11) is 1.39. The zero-order valence-corrected chi connectivity index (χ0v) is 9.77. The van der Waals surface area contributed by atoms with Crippen LogP contribution >= 0.6 is 0 Å². The Morgan fingerprint density at radius 3 is 2.50 bits per heavy atom. The van der Waals surface area contributed by atoms with Gasteiger partial charge in [0.25, 0.3) is 0 Å². The predicted octanol–water partition coefficient (Wildman–Crippen LogP) is 1.73. The molecule has 2 N–H and O–H groups in total. The van der Waals surface area contributed by atoms with Gasteiger partial charge in [-0.3, -0.25) is 0 Å². The molecule has 0 unspecified atom stereocenters. The van der Waals surface area contributed by atoms with Crippen molar-refractivity contribution in [3.05, 3.63) is 35.4 Å². The first-order valence-electron chi connectivity index (χ1n) is 5.32. The number of nitrogens with zero attached hydrogens (tertiary/aromatic N) is 1. The van der Waals surface area contributed by atoms with Crippen LogP contribution in [-0.2, 0) is 17.8 Å². The van der Waals surface area contributed by atoms with E-state index in [9.17, 15) is 4.79 Å². The van der Waals surface area contributed by atoms with Gasteiger partial charge in [0.1, 0.15) is 0 Å². The maximum atomic E-state index is 11.4. The van der Waals surface area contributed by atoms with Crippen molar-refractivity contribution < 1.29 is 9.53 Å².